The highest BCUT2D eigenvalue weighted by Gasteiger charge is 2.24. The Morgan fingerprint density at radius 3 is 2.65 bits per heavy atom. The first-order valence-corrected chi connectivity index (χ1v) is 9.76. The third-order valence-corrected chi connectivity index (χ3v) is 5.58. The number of amides is 1. The largest absolute Gasteiger partial charge is 0.381 e. The summed E-state index contributed by atoms with van der Waals surface area (Å²) in [6.07, 6.45) is 4.64. The van der Waals surface area contributed by atoms with Crippen molar-refractivity contribution >= 4 is 22.6 Å². The zero-order chi connectivity index (χ0) is 17.8. The summed E-state index contributed by atoms with van der Waals surface area (Å²) in [4.78, 5) is 19.4. The molecule has 1 N–H and O–H groups in total. The van der Waals surface area contributed by atoms with Crippen LogP contribution in [0.4, 0.5) is 5.82 Å². The first kappa shape index (κ1) is 17.3. The molecule has 0 spiro atoms. The number of piperidine rings is 1. The number of para-hydroxylation sites is 1. The molecule has 2 aliphatic heterocycles. The maximum absolute atomic E-state index is 12.3. The second-order valence-corrected chi connectivity index (χ2v) is 7.45. The van der Waals surface area contributed by atoms with E-state index in [2.05, 4.69) is 34.5 Å². The van der Waals surface area contributed by atoms with Crippen LogP contribution in [-0.4, -0.2) is 43.2 Å². The third kappa shape index (κ3) is 4.15. The summed E-state index contributed by atoms with van der Waals surface area (Å²) in [5.41, 5.74) is 1.04. The van der Waals surface area contributed by atoms with Gasteiger partial charge in [0.15, 0.2) is 0 Å². The topological polar surface area (TPSA) is 54.5 Å². The van der Waals surface area contributed by atoms with E-state index in [4.69, 9.17) is 9.72 Å². The molecule has 3 heterocycles. The molecule has 5 heteroatoms. The summed E-state index contributed by atoms with van der Waals surface area (Å²) in [7, 11) is 0. The van der Waals surface area contributed by atoms with E-state index in [-0.39, 0.29) is 5.91 Å². The van der Waals surface area contributed by atoms with Crippen molar-refractivity contribution in [2.45, 2.75) is 38.1 Å². The fourth-order valence-electron chi connectivity index (χ4n) is 3.99. The van der Waals surface area contributed by atoms with Crippen molar-refractivity contribution in [2.24, 2.45) is 5.92 Å². The molecule has 0 saturated carbocycles. The lowest BCUT2D eigenvalue weighted by Gasteiger charge is -2.33. The average Bonchev–Trinajstić information content (AvgIpc) is 2.69. The van der Waals surface area contributed by atoms with Crippen LogP contribution in [0, 0.1) is 5.92 Å². The van der Waals surface area contributed by atoms with Crippen LogP contribution in [0.1, 0.15) is 32.1 Å². The smallest absolute Gasteiger partial charge is 0.220 e. The van der Waals surface area contributed by atoms with E-state index in [0.717, 1.165) is 63.3 Å². The minimum atomic E-state index is 0.208. The van der Waals surface area contributed by atoms with E-state index < -0.39 is 0 Å². The molecule has 0 unspecified atom stereocenters. The van der Waals surface area contributed by atoms with Crippen LogP contribution in [0.5, 0.6) is 0 Å². The number of hydrogen-bond donors (Lipinski definition) is 1. The quantitative estimate of drug-likeness (QED) is 0.917. The van der Waals surface area contributed by atoms with Crippen LogP contribution in [0.3, 0.4) is 0 Å². The Kier molecular flexibility index (Phi) is 5.34. The molecule has 0 atom stereocenters. The number of carbonyl (C=O) groups is 1. The van der Waals surface area contributed by atoms with Crippen molar-refractivity contribution in [2.75, 3.05) is 31.2 Å². The lowest BCUT2D eigenvalue weighted by Crippen LogP contribution is -2.41. The van der Waals surface area contributed by atoms with E-state index in [1.54, 1.807) is 0 Å². The van der Waals surface area contributed by atoms with Gasteiger partial charge in [0.1, 0.15) is 5.82 Å². The maximum Gasteiger partial charge on any atom is 0.220 e. The average molecular weight is 353 g/mol. The number of carbonyl (C=O) groups excluding carboxylic acids is 1. The zero-order valence-corrected chi connectivity index (χ0v) is 15.2. The summed E-state index contributed by atoms with van der Waals surface area (Å²) in [5.74, 6) is 1.74. The fraction of sp³-hybridized carbons (Fsp3) is 0.524. The van der Waals surface area contributed by atoms with Crippen LogP contribution in [0.2, 0.25) is 0 Å². The molecule has 0 radical (unpaired) electrons. The van der Waals surface area contributed by atoms with Crippen molar-refractivity contribution in [3.8, 4) is 0 Å². The number of hydrogen-bond acceptors (Lipinski definition) is 4. The Hall–Kier alpha value is -2.14. The zero-order valence-electron chi connectivity index (χ0n) is 15.2. The molecular weight excluding hydrogens is 326 g/mol. The summed E-state index contributed by atoms with van der Waals surface area (Å²) in [6, 6.07) is 12.8. The predicted octanol–water partition coefficient (Wildman–Crippen LogP) is 3.14. The van der Waals surface area contributed by atoms with Gasteiger partial charge in [-0.1, -0.05) is 18.2 Å². The van der Waals surface area contributed by atoms with Crippen LogP contribution in [-0.2, 0) is 9.53 Å². The van der Waals surface area contributed by atoms with E-state index in [9.17, 15) is 4.79 Å². The van der Waals surface area contributed by atoms with Gasteiger partial charge < -0.3 is 15.0 Å². The SMILES string of the molecule is O=C(CC1CCN(c2ccc3ccccc3n2)CC1)NC1CCOCC1. The van der Waals surface area contributed by atoms with Gasteiger partial charge in [0.2, 0.25) is 5.91 Å². The molecule has 2 aromatic rings. The van der Waals surface area contributed by atoms with Gasteiger partial charge in [-0.05, 0) is 49.8 Å². The van der Waals surface area contributed by atoms with E-state index >= 15 is 0 Å². The molecule has 1 aromatic carbocycles. The number of pyridine rings is 1. The molecule has 1 amide bonds. The van der Waals surface area contributed by atoms with Gasteiger partial charge in [-0.2, -0.15) is 0 Å². The number of nitrogens with zero attached hydrogens (tertiary/aromatic N) is 2. The lowest BCUT2D eigenvalue weighted by molar-refractivity contribution is -0.123. The number of aromatic nitrogens is 1. The van der Waals surface area contributed by atoms with Crippen molar-refractivity contribution in [3.05, 3.63) is 36.4 Å². The molecule has 0 bridgehead atoms. The number of anilines is 1. The first-order valence-electron chi connectivity index (χ1n) is 9.76. The third-order valence-electron chi connectivity index (χ3n) is 5.58. The van der Waals surface area contributed by atoms with Crippen LogP contribution in [0.25, 0.3) is 10.9 Å². The molecule has 2 aliphatic rings. The molecule has 0 aliphatic carbocycles. The van der Waals surface area contributed by atoms with Gasteiger partial charge in [-0.3, -0.25) is 4.79 Å². The Morgan fingerprint density at radius 1 is 1.08 bits per heavy atom. The van der Waals surface area contributed by atoms with Gasteiger partial charge in [0, 0.05) is 44.2 Å². The number of benzene rings is 1. The summed E-state index contributed by atoms with van der Waals surface area (Å²) < 4.78 is 5.35. The normalized spacial score (nSPS) is 19.6. The Morgan fingerprint density at radius 2 is 1.85 bits per heavy atom. The standard InChI is InChI=1S/C21H27N3O2/c25-21(22-18-9-13-26-14-10-18)15-16-7-11-24(12-8-16)20-6-5-17-3-1-2-4-19(17)23-20/h1-6,16,18H,7-15H2,(H,22,25). The minimum absolute atomic E-state index is 0.208. The van der Waals surface area contributed by atoms with Gasteiger partial charge in [-0.15, -0.1) is 0 Å². The second-order valence-electron chi connectivity index (χ2n) is 7.45. The van der Waals surface area contributed by atoms with E-state index in [1.165, 1.54) is 5.39 Å². The fourth-order valence-corrected chi connectivity index (χ4v) is 3.99. The molecule has 2 saturated heterocycles. The van der Waals surface area contributed by atoms with Gasteiger partial charge >= 0.3 is 0 Å². The van der Waals surface area contributed by atoms with Crippen LogP contribution < -0.4 is 10.2 Å². The number of nitrogens with one attached hydrogen (secondary N) is 1. The predicted molar refractivity (Wildman–Crippen MR) is 103 cm³/mol. The van der Waals surface area contributed by atoms with E-state index in [0.29, 0.717) is 18.4 Å². The maximum atomic E-state index is 12.3. The highest BCUT2D eigenvalue weighted by molar-refractivity contribution is 5.80. The Balaban J connectivity index is 1.28. The van der Waals surface area contributed by atoms with Crippen molar-refractivity contribution in [3.63, 3.8) is 0 Å². The molecule has 5 nitrogen and oxygen atoms in total. The summed E-state index contributed by atoms with van der Waals surface area (Å²) >= 11 is 0. The molecule has 138 valence electrons. The summed E-state index contributed by atoms with van der Waals surface area (Å²) in [5, 5.41) is 4.36. The molecule has 4 rings (SSSR count). The second kappa shape index (κ2) is 8.04. The molecule has 1 aromatic heterocycles. The van der Waals surface area contributed by atoms with E-state index in [1.807, 2.05) is 12.1 Å². The monoisotopic (exact) mass is 353 g/mol. The van der Waals surface area contributed by atoms with Crippen molar-refractivity contribution in [1.29, 1.82) is 0 Å². The molecular formula is C21H27N3O2. The van der Waals surface area contributed by atoms with Gasteiger partial charge in [-0.25, -0.2) is 4.98 Å². The molecule has 26 heavy (non-hydrogen) atoms. The highest BCUT2D eigenvalue weighted by Crippen LogP contribution is 2.25. The van der Waals surface area contributed by atoms with Gasteiger partial charge in [0.25, 0.3) is 0 Å². The summed E-state index contributed by atoms with van der Waals surface area (Å²) in [6.45, 7) is 3.48. The molecule has 2 fully saturated rings. The Labute approximate surface area is 154 Å². The van der Waals surface area contributed by atoms with Crippen molar-refractivity contribution in [1.82, 2.24) is 10.3 Å². The Bertz CT molecular complexity index is 750. The lowest BCUT2D eigenvalue weighted by atomic mass is 9.93. The number of fused-ring (bicyclic) bond motifs is 1. The van der Waals surface area contributed by atoms with Crippen molar-refractivity contribution < 1.29 is 9.53 Å². The minimum Gasteiger partial charge on any atom is -0.381 e. The van der Waals surface area contributed by atoms with Gasteiger partial charge in [0.05, 0.1) is 5.52 Å². The highest BCUT2D eigenvalue weighted by atomic mass is 16.5. The van der Waals surface area contributed by atoms with Crippen LogP contribution >= 0.6 is 0 Å². The first-order chi connectivity index (χ1) is 12.8. The number of rotatable bonds is 4. The van der Waals surface area contributed by atoms with Crippen LogP contribution in [0.15, 0.2) is 36.4 Å². The number of ether oxygens (including phenoxy) is 1.